The number of rotatable bonds is 5. The Morgan fingerprint density at radius 3 is 2.74 bits per heavy atom. The van der Waals surface area contributed by atoms with Gasteiger partial charge in [-0.15, -0.1) is 11.3 Å². The first kappa shape index (κ1) is 19.9. The second kappa shape index (κ2) is 8.06. The van der Waals surface area contributed by atoms with Crippen LogP contribution < -0.4 is 10.1 Å². The van der Waals surface area contributed by atoms with Gasteiger partial charge in [-0.3, -0.25) is 4.90 Å². The highest BCUT2D eigenvalue weighted by Gasteiger charge is 2.35. The summed E-state index contributed by atoms with van der Waals surface area (Å²) in [6.07, 6.45) is -0.959. The number of likely N-dealkylation sites (tertiary alicyclic amines) is 1. The van der Waals surface area contributed by atoms with E-state index in [1.54, 1.807) is 13.1 Å². The molecule has 27 heavy (non-hydrogen) atoms. The van der Waals surface area contributed by atoms with Crippen LogP contribution in [0.4, 0.5) is 18.3 Å². The molecule has 1 aromatic heterocycles. The predicted octanol–water partition coefficient (Wildman–Crippen LogP) is 5.25. The van der Waals surface area contributed by atoms with Gasteiger partial charge in [-0.1, -0.05) is 6.42 Å². The summed E-state index contributed by atoms with van der Waals surface area (Å²) in [5, 5.41) is 3.72. The lowest BCUT2D eigenvalue weighted by Gasteiger charge is -2.33. The maximum Gasteiger partial charge on any atom is 0.419 e. The van der Waals surface area contributed by atoms with Crippen LogP contribution in [-0.4, -0.2) is 36.6 Å². The number of benzene rings is 1. The van der Waals surface area contributed by atoms with E-state index in [1.807, 2.05) is 0 Å². The van der Waals surface area contributed by atoms with Crippen molar-refractivity contribution in [1.82, 2.24) is 9.88 Å². The highest BCUT2D eigenvalue weighted by molar-refractivity contribution is 7.16. The number of aromatic nitrogens is 1. The van der Waals surface area contributed by atoms with Crippen molar-refractivity contribution >= 4 is 16.5 Å². The average Bonchev–Trinajstić information content (AvgIpc) is 3.05. The standard InChI is InChI=1S/C19H24F3N3OS/c1-12-6-4-5-9-25(12)11-16-17(24-18(23-2)27-16)13-7-8-15(26-3)14(10-13)19(20,21)22/h7-8,10,12H,4-6,9,11H2,1-3H3,(H,23,24). The van der Waals surface area contributed by atoms with E-state index in [9.17, 15) is 13.2 Å². The van der Waals surface area contributed by atoms with E-state index in [4.69, 9.17) is 4.74 Å². The Morgan fingerprint density at radius 1 is 1.33 bits per heavy atom. The second-order valence-electron chi connectivity index (χ2n) is 6.77. The Bertz CT molecular complexity index is 791. The van der Waals surface area contributed by atoms with Crippen molar-refractivity contribution in [3.63, 3.8) is 0 Å². The predicted molar refractivity (Wildman–Crippen MR) is 102 cm³/mol. The van der Waals surface area contributed by atoms with Crippen molar-refractivity contribution < 1.29 is 17.9 Å². The lowest BCUT2D eigenvalue weighted by Crippen LogP contribution is -2.36. The minimum absolute atomic E-state index is 0.179. The summed E-state index contributed by atoms with van der Waals surface area (Å²) in [5.41, 5.74) is 0.287. The molecule has 0 saturated carbocycles. The van der Waals surface area contributed by atoms with Crippen LogP contribution in [0.15, 0.2) is 18.2 Å². The van der Waals surface area contributed by atoms with Gasteiger partial charge in [-0.25, -0.2) is 4.98 Å². The zero-order valence-electron chi connectivity index (χ0n) is 15.7. The number of hydrogen-bond donors (Lipinski definition) is 1. The van der Waals surface area contributed by atoms with Gasteiger partial charge < -0.3 is 10.1 Å². The van der Waals surface area contributed by atoms with Crippen molar-refractivity contribution in [3.8, 4) is 17.0 Å². The van der Waals surface area contributed by atoms with Gasteiger partial charge in [-0.05, 0) is 44.5 Å². The van der Waals surface area contributed by atoms with Crippen LogP contribution in [0.25, 0.3) is 11.3 Å². The smallest absolute Gasteiger partial charge is 0.419 e. The van der Waals surface area contributed by atoms with Crippen LogP contribution >= 0.6 is 11.3 Å². The lowest BCUT2D eigenvalue weighted by molar-refractivity contribution is -0.138. The molecule has 1 atom stereocenters. The molecule has 2 heterocycles. The second-order valence-corrected chi connectivity index (χ2v) is 7.85. The number of ether oxygens (including phenoxy) is 1. The number of anilines is 1. The Hall–Kier alpha value is -1.80. The molecule has 1 unspecified atom stereocenters. The summed E-state index contributed by atoms with van der Waals surface area (Å²) >= 11 is 1.50. The van der Waals surface area contributed by atoms with Crippen LogP contribution in [0.1, 0.15) is 36.6 Å². The molecule has 0 aliphatic carbocycles. The van der Waals surface area contributed by atoms with E-state index in [0.717, 1.165) is 30.3 Å². The summed E-state index contributed by atoms with van der Waals surface area (Å²) in [7, 11) is 3.01. The highest BCUT2D eigenvalue weighted by atomic mass is 32.1. The van der Waals surface area contributed by atoms with Crippen LogP contribution in [-0.2, 0) is 12.7 Å². The number of thiazole rings is 1. The molecule has 1 aliphatic rings. The Morgan fingerprint density at radius 2 is 2.11 bits per heavy atom. The van der Waals surface area contributed by atoms with Crippen molar-refractivity contribution in [1.29, 1.82) is 0 Å². The molecular formula is C19H24F3N3OS. The van der Waals surface area contributed by atoms with Gasteiger partial charge >= 0.3 is 6.18 Å². The number of hydrogen-bond acceptors (Lipinski definition) is 5. The molecule has 1 fully saturated rings. The van der Waals surface area contributed by atoms with Crippen LogP contribution in [0.2, 0.25) is 0 Å². The van der Waals surface area contributed by atoms with E-state index in [1.165, 1.54) is 30.9 Å². The van der Waals surface area contributed by atoms with E-state index < -0.39 is 11.7 Å². The third-order valence-electron chi connectivity index (χ3n) is 4.98. The quantitative estimate of drug-likeness (QED) is 0.745. The molecule has 4 nitrogen and oxygen atoms in total. The first-order valence-corrected chi connectivity index (χ1v) is 9.82. The van der Waals surface area contributed by atoms with E-state index in [0.29, 0.717) is 29.0 Å². The van der Waals surface area contributed by atoms with Gasteiger partial charge in [0.15, 0.2) is 5.13 Å². The lowest BCUT2D eigenvalue weighted by atomic mass is 10.0. The monoisotopic (exact) mass is 399 g/mol. The van der Waals surface area contributed by atoms with E-state index in [2.05, 4.69) is 22.1 Å². The fourth-order valence-corrected chi connectivity index (χ4v) is 4.41. The molecule has 0 spiro atoms. The molecule has 1 aliphatic heterocycles. The van der Waals surface area contributed by atoms with Crippen LogP contribution in [0, 0.1) is 0 Å². The molecule has 0 bridgehead atoms. The molecule has 1 saturated heterocycles. The highest BCUT2D eigenvalue weighted by Crippen LogP contribution is 2.40. The number of nitrogens with zero attached hydrogens (tertiary/aromatic N) is 2. The first-order chi connectivity index (χ1) is 12.8. The zero-order valence-corrected chi connectivity index (χ0v) is 16.5. The van der Waals surface area contributed by atoms with Crippen molar-refractivity contribution in [3.05, 3.63) is 28.6 Å². The summed E-state index contributed by atoms with van der Waals surface area (Å²) in [6, 6.07) is 4.61. The Kier molecular flexibility index (Phi) is 5.95. The fraction of sp³-hybridized carbons (Fsp3) is 0.526. The molecule has 1 N–H and O–H groups in total. The minimum atomic E-state index is -4.48. The van der Waals surface area contributed by atoms with Crippen molar-refractivity contribution in [2.45, 2.75) is 44.9 Å². The van der Waals surface area contributed by atoms with Gasteiger partial charge in [0, 0.05) is 30.1 Å². The molecule has 148 valence electrons. The molecule has 8 heteroatoms. The van der Waals surface area contributed by atoms with E-state index in [-0.39, 0.29) is 5.75 Å². The van der Waals surface area contributed by atoms with Gasteiger partial charge in [-0.2, -0.15) is 13.2 Å². The number of piperidine rings is 1. The van der Waals surface area contributed by atoms with Crippen molar-refractivity contribution in [2.75, 3.05) is 26.0 Å². The summed E-state index contributed by atoms with van der Waals surface area (Å²) in [4.78, 5) is 7.90. The van der Waals surface area contributed by atoms with Crippen LogP contribution in [0.3, 0.4) is 0 Å². The zero-order chi connectivity index (χ0) is 19.6. The maximum atomic E-state index is 13.4. The molecule has 2 aromatic rings. The normalized spacial score (nSPS) is 18.5. The number of halogens is 3. The summed E-state index contributed by atoms with van der Waals surface area (Å²) in [5.74, 6) is -0.179. The molecule has 0 radical (unpaired) electrons. The molecule has 0 amide bonds. The maximum absolute atomic E-state index is 13.4. The van der Waals surface area contributed by atoms with Gasteiger partial charge in [0.1, 0.15) is 5.75 Å². The van der Waals surface area contributed by atoms with Gasteiger partial charge in [0.05, 0.1) is 18.4 Å². The Labute approximate surface area is 161 Å². The van der Waals surface area contributed by atoms with Gasteiger partial charge in [0.25, 0.3) is 0 Å². The molecule has 1 aromatic carbocycles. The number of nitrogens with one attached hydrogen (secondary N) is 1. The summed E-state index contributed by atoms with van der Waals surface area (Å²) < 4.78 is 45.1. The molecule has 3 rings (SSSR count). The summed E-state index contributed by atoms with van der Waals surface area (Å²) in [6.45, 7) is 3.90. The van der Waals surface area contributed by atoms with Gasteiger partial charge in [0.2, 0.25) is 0 Å². The minimum Gasteiger partial charge on any atom is -0.496 e. The third-order valence-corrected chi connectivity index (χ3v) is 6.03. The van der Waals surface area contributed by atoms with Crippen LogP contribution in [0.5, 0.6) is 5.75 Å². The topological polar surface area (TPSA) is 37.4 Å². The van der Waals surface area contributed by atoms with Crippen molar-refractivity contribution in [2.24, 2.45) is 0 Å². The Balaban J connectivity index is 2.00. The number of alkyl halides is 3. The largest absolute Gasteiger partial charge is 0.496 e. The van der Waals surface area contributed by atoms with E-state index >= 15 is 0 Å². The third kappa shape index (κ3) is 4.38. The average molecular weight is 399 g/mol. The molecular weight excluding hydrogens is 375 g/mol. The first-order valence-electron chi connectivity index (χ1n) is 9.00. The SMILES string of the molecule is CNc1nc(-c2ccc(OC)c(C(F)(F)F)c2)c(CN2CCCCC2C)s1. The number of methoxy groups -OCH3 is 1. The fourth-order valence-electron chi connectivity index (χ4n) is 3.45.